The number of nitrogens with two attached hydrogens (primary N) is 1. The Morgan fingerprint density at radius 2 is 2.38 bits per heavy atom. The molecule has 0 aliphatic rings. The maximum Gasteiger partial charge on any atom is 0.330 e. The second-order valence-electron chi connectivity index (χ2n) is 2.70. The number of hydrogen-bond acceptors (Lipinski definition) is 4. The first-order chi connectivity index (χ1) is 6.15. The van der Waals surface area contributed by atoms with Gasteiger partial charge in [0.05, 0.1) is 6.10 Å². The summed E-state index contributed by atoms with van der Waals surface area (Å²) in [6, 6.07) is 0. The van der Waals surface area contributed by atoms with Crippen LogP contribution in [0.2, 0.25) is 0 Å². The lowest BCUT2D eigenvalue weighted by Crippen LogP contribution is -2.32. The van der Waals surface area contributed by atoms with E-state index in [0.717, 1.165) is 6.08 Å². The summed E-state index contributed by atoms with van der Waals surface area (Å²) in [7, 11) is 0.622. The Balaban J connectivity index is 4.07. The van der Waals surface area contributed by atoms with E-state index in [9.17, 15) is 4.79 Å². The molecule has 0 fully saturated rings. The van der Waals surface area contributed by atoms with Crippen molar-refractivity contribution in [2.24, 2.45) is 5.73 Å². The Labute approximate surface area is 81.6 Å². The van der Waals surface area contributed by atoms with Gasteiger partial charge >= 0.3 is 5.97 Å². The quantitative estimate of drug-likeness (QED) is 0.346. The predicted octanol–water partition coefficient (Wildman–Crippen LogP) is -0.881. The molecule has 4 nitrogen and oxygen atoms in total. The molecule has 0 heterocycles. The van der Waals surface area contributed by atoms with Crippen molar-refractivity contribution in [1.29, 1.82) is 0 Å². The number of esters is 1. The summed E-state index contributed by atoms with van der Waals surface area (Å²) in [5.41, 5.74) is 5.38. The molecule has 76 valence electrons. The van der Waals surface area contributed by atoms with Crippen molar-refractivity contribution in [2.45, 2.75) is 25.6 Å². The minimum Gasteiger partial charge on any atom is -0.456 e. The normalized spacial score (nSPS) is 14.9. The first kappa shape index (κ1) is 12.3. The Morgan fingerprint density at radius 3 is 2.77 bits per heavy atom. The van der Waals surface area contributed by atoms with Gasteiger partial charge in [-0.2, -0.15) is 0 Å². The molecule has 0 saturated heterocycles. The van der Waals surface area contributed by atoms with E-state index in [1.165, 1.54) is 0 Å². The fraction of sp³-hybridized carbons (Fsp3) is 0.625. The van der Waals surface area contributed by atoms with Crippen LogP contribution in [0.5, 0.6) is 0 Å². The largest absolute Gasteiger partial charge is 0.456 e. The summed E-state index contributed by atoms with van der Waals surface area (Å²) >= 11 is 0. The third kappa shape index (κ3) is 4.82. The molecular formula is C8H17NO3Si. The Bertz CT molecular complexity index is 175. The molecule has 0 aliphatic carbocycles. The highest BCUT2D eigenvalue weighted by molar-refractivity contribution is 5.98. The average molecular weight is 203 g/mol. The number of hydrogen-bond donors (Lipinski definition) is 1. The summed E-state index contributed by atoms with van der Waals surface area (Å²) in [4.78, 5) is 10.9. The average Bonchev–Trinajstić information content (AvgIpc) is 2.15. The Kier molecular flexibility index (Phi) is 6.48. The van der Waals surface area contributed by atoms with E-state index in [2.05, 4.69) is 6.58 Å². The molecule has 0 aromatic heterocycles. The smallest absolute Gasteiger partial charge is 0.330 e. The van der Waals surface area contributed by atoms with Gasteiger partial charge in [0.1, 0.15) is 16.6 Å². The summed E-state index contributed by atoms with van der Waals surface area (Å²) < 4.78 is 10.2. The lowest BCUT2D eigenvalue weighted by Gasteiger charge is -2.22. The summed E-state index contributed by atoms with van der Waals surface area (Å²) in [6.07, 6.45) is 1.42. The van der Waals surface area contributed by atoms with E-state index >= 15 is 0 Å². The highest BCUT2D eigenvalue weighted by atomic mass is 28.2. The molecule has 13 heavy (non-hydrogen) atoms. The van der Waals surface area contributed by atoms with Gasteiger partial charge in [-0.15, -0.1) is 0 Å². The van der Waals surface area contributed by atoms with Crippen LogP contribution < -0.4 is 5.73 Å². The van der Waals surface area contributed by atoms with Crippen LogP contribution in [0, 0.1) is 0 Å². The van der Waals surface area contributed by atoms with Gasteiger partial charge in [0.25, 0.3) is 0 Å². The van der Waals surface area contributed by atoms with Crippen LogP contribution in [-0.4, -0.2) is 35.2 Å². The van der Waals surface area contributed by atoms with E-state index in [1.807, 2.05) is 6.92 Å². The van der Waals surface area contributed by atoms with Crippen molar-refractivity contribution in [3.63, 3.8) is 0 Å². The van der Waals surface area contributed by atoms with Crippen LogP contribution in [0.4, 0.5) is 0 Å². The van der Waals surface area contributed by atoms with Crippen LogP contribution in [0.3, 0.4) is 0 Å². The van der Waals surface area contributed by atoms with Gasteiger partial charge in [0.2, 0.25) is 0 Å². The fourth-order valence-electron chi connectivity index (χ4n) is 0.903. The monoisotopic (exact) mass is 203 g/mol. The van der Waals surface area contributed by atoms with E-state index in [1.54, 1.807) is 0 Å². The van der Waals surface area contributed by atoms with Gasteiger partial charge in [-0.3, -0.25) is 0 Å². The van der Waals surface area contributed by atoms with Gasteiger partial charge < -0.3 is 14.9 Å². The minimum absolute atomic E-state index is 0.0842. The second kappa shape index (κ2) is 6.82. The third-order valence-corrected chi connectivity index (χ3v) is 2.52. The van der Waals surface area contributed by atoms with E-state index in [-0.39, 0.29) is 12.2 Å². The van der Waals surface area contributed by atoms with E-state index in [4.69, 9.17) is 14.9 Å². The first-order valence-corrected chi connectivity index (χ1v) is 5.03. The fourth-order valence-corrected chi connectivity index (χ4v) is 1.21. The van der Waals surface area contributed by atoms with Gasteiger partial charge in [-0.05, 0) is 19.9 Å². The molecule has 2 unspecified atom stereocenters. The predicted molar refractivity (Wildman–Crippen MR) is 54.2 cm³/mol. The topological polar surface area (TPSA) is 61.5 Å². The molecule has 0 aromatic rings. The molecule has 0 aliphatic heterocycles. The molecule has 0 aromatic carbocycles. The van der Waals surface area contributed by atoms with Gasteiger partial charge in [-0.1, -0.05) is 6.58 Å². The van der Waals surface area contributed by atoms with E-state index < -0.39 is 5.97 Å². The molecule has 0 amide bonds. The highest BCUT2D eigenvalue weighted by Gasteiger charge is 2.18. The molecule has 2 atom stereocenters. The lowest BCUT2D eigenvalue weighted by atomic mass is 10.1. The summed E-state index contributed by atoms with van der Waals surface area (Å²) in [5.74, 6) is -0.427. The third-order valence-electron chi connectivity index (χ3n) is 1.78. The van der Waals surface area contributed by atoms with Gasteiger partial charge in [0, 0.05) is 6.08 Å². The molecule has 0 saturated carbocycles. The van der Waals surface area contributed by atoms with Crippen LogP contribution in [0.25, 0.3) is 0 Å². The number of carbonyl (C=O) groups excluding carboxylic acids is 1. The Hall–Kier alpha value is -0.653. The Morgan fingerprint density at radius 1 is 1.77 bits per heavy atom. The van der Waals surface area contributed by atoms with Crippen molar-refractivity contribution in [3.8, 4) is 0 Å². The highest BCUT2D eigenvalue weighted by Crippen LogP contribution is 2.06. The molecule has 0 rings (SSSR count). The zero-order valence-electron chi connectivity index (χ0n) is 8.16. The van der Waals surface area contributed by atoms with Crippen molar-refractivity contribution in [3.05, 3.63) is 12.7 Å². The minimum atomic E-state index is -0.427. The number of ether oxygens (including phenoxy) is 1. The van der Waals surface area contributed by atoms with Gasteiger partial charge in [0.15, 0.2) is 0 Å². The van der Waals surface area contributed by atoms with Crippen LogP contribution in [0.15, 0.2) is 12.7 Å². The van der Waals surface area contributed by atoms with Crippen molar-refractivity contribution < 1.29 is 14.0 Å². The molecule has 5 heteroatoms. The second-order valence-corrected chi connectivity index (χ2v) is 3.17. The maximum atomic E-state index is 10.9. The van der Waals surface area contributed by atoms with Gasteiger partial charge in [-0.25, -0.2) is 4.79 Å². The van der Waals surface area contributed by atoms with E-state index in [0.29, 0.717) is 23.5 Å². The zero-order valence-corrected chi connectivity index (χ0v) is 10.2. The van der Waals surface area contributed by atoms with Crippen LogP contribution >= 0.6 is 0 Å². The number of rotatable bonds is 6. The summed E-state index contributed by atoms with van der Waals surface area (Å²) in [5, 5.41) is 0. The van der Waals surface area contributed by atoms with Crippen LogP contribution in [0.1, 0.15) is 13.3 Å². The molecule has 0 bridgehead atoms. The first-order valence-electron chi connectivity index (χ1n) is 4.21. The molecule has 0 spiro atoms. The molecule has 0 radical (unpaired) electrons. The number of carbonyl (C=O) groups is 1. The lowest BCUT2D eigenvalue weighted by molar-refractivity contribution is -0.147. The van der Waals surface area contributed by atoms with Crippen molar-refractivity contribution >= 4 is 16.5 Å². The van der Waals surface area contributed by atoms with Crippen LogP contribution in [-0.2, 0) is 14.0 Å². The maximum absolute atomic E-state index is 10.9. The summed E-state index contributed by atoms with van der Waals surface area (Å²) in [6.45, 7) is 5.66. The molecule has 2 N–H and O–H groups in total. The zero-order chi connectivity index (χ0) is 10.3. The SMILES string of the molecule is C=CC(=O)OC(CCN)C(C)O[SiH3]. The standard InChI is InChI=1S/C8H17NO3Si/c1-3-8(10)11-7(4-5-9)6(2)12-13/h3,6-7H,1,4-5,9H2,2,13H3. The van der Waals surface area contributed by atoms with Crippen molar-refractivity contribution in [2.75, 3.05) is 6.54 Å². The molecular weight excluding hydrogens is 186 g/mol. The van der Waals surface area contributed by atoms with Crippen molar-refractivity contribution in [1.82, 2.24) is 0 Å².